The van der Waals surface area contributed by atoms with Gasteiger partial charge >= 0.3 is 5.97 Å². The molecular formula is C15H16O5. The lowest BCUT2D eigenvalue weighted by Crippen LogP contribution is -2.12. The van der Waals surface area contributed by atoms with Gasteiger partial charge in [-0.3, -0.25) is 0 Å². The number of rotatable bonds is 5. The van der Waals surface area contributed by atoms with Crippen molar-refractivity contribution in [2.75, 3.05) is 21.3 Å². The summed E-state index contributed by atoms with van der Waals surface area (Å²) in [6.45, 7) is 0. The summed E-state index contributed by atoms with van der Waals surface area (Å²) in [5, 5.41) is 0. The molecule has 0 saturated heterocycles. The third-order valence-electron chi connectivity index (χ3n) is 2.90. The molecule has 106 valence electrons. The van der Waals surface area contributed by atoms with Gasteiger partial charge in [0.1, 0.15) is 5.76 Å². The zero-order valence-corrected chi connectivity index (χ0v) is 11.6. The van der Waals surface area contributed by atoms with Crippen molar-refractivity contribution in [3.63, 3.8) is 0 Å². The van der Waals surface area contributed by atoms with Crippen molar-refractivity contribution in [2.24, 2.45) is 0 Å². The Morgan fingerprint density at radius 1 is 1.25 bits per heavy atom. The van der Waals surface area contributed by atoms with Crippen LogP contribution in [0.3, 0.4) is 0 Å². The average Bonchev–Trinajstić information content (AvgIpc) is 2.90. The highest BCUT2D eigenvalue weighted by molar-refractivity contribution is 5.85. The van der Waals surface area contributed by atoms with Crippen molar-refractivity contribution < 1.29 is 23.7 Å². The molecule has 1 atom stereocenters. The number of para-hydroxylation sites is 1. The van der Waals surface area contributed by atoms with Gasteiger partial charge in [-0.1, -0.05) is 12.1 Å². The first-order valence-electron chi connectivity index (χ1n) is 6.05. The molecule has 0 aliphatic carbocycles. The molecule has 0 spiro atoms. The van der Waals surface area contributed by atoms with Gasteiger partial charge in [-0.2, -0.15) is 0 Å². The summed E-state index contributed by atoms with van der Waals surface area (Å²) in [5.74, 6) is 1.35. The predicted octanol–water partition coefficient (Wildman–Crippen LogP) is 2.17. The summed E-state index contributed by atoms with van der Waals surface area (Å²) in [6, 6.07) is 5.51. The van der Waals surface area contributed by atoms with Crippen molar-refractivity contribution in [2.45, 2.75) is 6.10 Å². The number of esters is 1. The van der Waals surface area contributed by atoms with Gasteiger partial charge in [-0.15, -0.1) is 0 Å². The molecule has 1 aromatic carbocycles. The molecule has 5 heteroatoms. The number of methoxy groups -OCH3 is 3. The summed E-state index contributed by atoms with van der Waals surface area (Å²) >= 11 is 0. The highest BCUT2D eigenvalue weighted by Crippen LogP contribution is 2.33. The summed E-state index contributed by atoms with van der Waals surface area (Å²) in [7, 11) is 4.67. The van der Waals surface area contributed by atoms with Gasteiger partial charge in [0.05, 0.1) is 21.3 Å². The van der Waals surface area contributed by atoms with Gasteiger partial charge in [0.25, 0.3) is 0 Å². The lowest BCUT2D eigenvalue weighted by molar-refractivity contribution is -0.138. The minimum Gasteiger partial charge on any atom is -0.497 e. The molecule has 0 radical (unpaired) electrons. The topological polar surface area (TPSA) is 54.0 Å². The van der Waals surface area contributed by atoms with E-state index < -0.39 is 6.10 Å². The summed E-state index contributed by atoms with van der Waals surface area (Å²) < 4.78 is 21.0. The normalized spacial score (nSPS) is 17.9. The van der Waals surface area contributed by atoms with E-state index in [1.54, 1.807) is 32.4 Å². The van der Waals surface area contributed by atoms with Crippen LogP contribution in [0.25, 0.3) is 6.08 Å². The summed E-state index contributed by atoms with van der Waals surface area (Å²) in [5.41, 5.74) is 0.778. The molecule has 0 N–H and O–H groups in total. The number of carbonyl (C=O) groups is 1. The maximum Gasteiger partial charge on any atom is 0.331 e. The van der Waals surface area contributed by atoms with E-state index in [0.717, 1.165) is 5.56 Å². The van der Waals surface area contributed by atoms with Crippen LogP contribution in [-0.2, 0) is 14.3 Å². The van der Waals surface area contributed by atoms with Crippen molar-refractivity contribution in [3.8, 4) is 11.5 Å². The van der Waals surface area contributed by atoms with Crippen molar-refractivity contribution >= 4 is 12.0 Å². The van der Waals surface area contributed by atoms with E-state index in [-0.39, 0.29) is 5.97 Å². The Labute approximate surface area is 117 Å². The van der Waals surface area contributed by atoms with Gasteiger partial charge in [0.15, 0.2) is 17.6 Å². The van der Waals surface area contributed by atoms with E-state index >= 15 is 0 Å². The molecule has 2 rings (SSSR count). The lowest BCUT2D eigenvalue weighted by atomic mass is 10.1. The van der Waals surface area contributed by atoms with Gasteiger partial charge < -0.3 is 18.9 Å². The van der Waals surface area contributed by atoms with E-state index in [1.165, 1.54) is 13.2 Å². The van der Waals surface area contributed by atoms with Crippen molar-refractivity contribution in [1.29, 1.82) is 0 Å². The number of hydrogen-bond donors (Lipinski definition) is 0. The molecule has 0 aromatic heterocycles. The van der Waals surface area contributed by atoms with Crippen LogP contribution in [0.1, 0.15) is 5.56 Å². The molecule has 1 aliphatic heterocycles. The maximum atomic E-state index is 11.1. The van der Waals surface area contributed by atoms with E-state index in [1.807, 2.05) is 12.1 Å². The second-order valence-corrected chi connectivity index (χ2v) is 4.05. The number of carbonyl (C=O) groups excluding carboxylic acids is 1. The Balaban J connectivity index is 2.37. The van der Waals surface area contributed by atoms with Crippen molar-refractivity contribution in [1.82, 2.24) is 0 Å². The Morgan fingerprint density at radius 2 is 2.05 bits per heavy atom. The number of ether oxygens (including phenoxy) is 4. The maximum absolute atomic E-state index is 11.1. The first kappa shape index (κ1) is 14.0. The average molecular weight is 276 g/mol. The van der Waals surface area contributed by atoms with E-state index in [0.29, 0.717) is 17.3 Å². The van der Waals surface area contributed by atoms with Crippen LogP contribution in [0.2, 0.25) is 0 Å². The largest absolute Gasteiger partial charge is 0.497 e. The van der Waals surface area contributed by atoms with Crippen LogP contribution in [0.15, 0.2) is 36.1 Å². The molecule has 1 aromatic rings. The summed E-state index contributed by atoms with van der Waals surface area (Å²) in [4.78, 5) is 11.1. The molecule has 5 nitrogen and oxygen atoms in total. The quantitative estimate of drug-likeness (QED) is 0.609. The fraction of sp³-hybridized carbons (Fsp3) is 0.267. The molecule has 20 heavy (non-hydrogen) atoms. The van der Waals surface area contributed by atoms with Crippen LogP contribution in [0.4, 0.5) is 0 Å². The van der Waals surface area contributed by atoms with E-state index in [9.17, 15) is 4.79 Å². The monoisotopic (exact) mass is 276 g/mol. The SMILES string of the molecule is COC(=Cc1cccc(OC)c1OC)C1C=CC(=O)O1. The molecule has 0 amide bonds. The van der Waals surface area contributed by atoms with Crippen LogP contribution >= 0.6 is 0 Å². The molecule has 0 bridgehead atoms. The molecule has 1 unspecified atom stereocenters. The molecule has 1 heterocycles. The highest BCUT2D eigenvalue weighted by atomic mass is 16.6. The van der Waals surface area contributed by atoms with E-state index in [4.69, 9.17) is 18.9 Å². The van der Waals surface area contributed by atoms with E-state index in [2.05, 4.69) is 0 Å². The highest BCUT2D eigenvalue weighted by Gasteiger charge is 2.22. The Kier molecular flexibility index (Phi) is 4.30. The van der Waals surface area contributed by atoms with Gasteiger partial charge in [0.2, 0.25) is 0 Å². The van der Waals surface area contributed by atoms with Crippen molar-refractivity contribution in [3.05, 3.63) is 41.7 Å². The van der Waals surface area contributed by atoms with Crippen LogP contribution in [0.5, 0.6) is 11.5 Å². The van der Waals surface area contributed by atoms with Crippen LogP contribution in [0, 0.1) is 0 Å². The number of benzene rings is 1. The third kappa shape index (κ3) is 2.77. The Hall–Kier alpha value is -2.43. The first-order valence-corrected chi connectivity index (χ1v) is 6.05. The standard InChI is InChI=1S/C15H16O5/c1-17-12-6-4-5-10(15(12)19-3)9-13(18-2)11-7-8-14(16)20-11/h4-9,11H,1-3H3. The molecule has 0 fully saturated rings. The number of cyclic esters (lactones) is 1. The van der Waals surface area contributed by atoms with Gasteiger partial charge in [0, 0.05) is 11.6 Å². The van der Waals surface area contributed by atoms with Crippen LogP contribution < -0.4 is 9.47 Å². The molecular weight excluding hydrogens is 260 g/mol. The predicted molar refractivity (Wildman–Crippen MR) is 73.6 cm³/mol. The fourth-order valence-corrected chi connectivity index (χ4v) is 1.96. The first-order chi connectivity index (χ1) is 9.69. The Morgan fingerprint density at radius 3 is 2.60 bits per heavy atom. The molecule has 1 aliphatic rings. The second-order valence-electron chi connectivity index (χ2n) is 4.05. The third-order valence-corrected chi connectivity index (χ3v) is 2.90. The minimum atomic E-state index is -0.511. The fourth-order valence-electron chi connectivity index (χ4n) is 1.96. The molecule has 0 saturated carbocycles. The minimum absolute atomic E-state index is 0.379. The van der Waals surface area contributed by atoms with Crippen LogP contribution in [-0.4, -0.2) is 33.4 Å². The zero-order chi connectivity index (χ0) is 14.5. The zero-order valence-electron chi connectivity index (χ0n) is 11.6. The van der Waals surface area contributed by atoms with Gasteiger partial charge in [-0.25, -0.2) is 4.79 Å². The smallest absolute Gasteiger partial charge is 0.331 e. The second kappa shape index (κ2) is 6.14. The lowest BCUT2D eigenvalue weighted by Gasteiger charge is -2.14. The number of hydrogen-bond acceptors (Lipinski definition) is 5. The van der Waals surface area contributed by atoms with Gasteiger partial charge in [-0.05, 0) is 18.2 Å². The summed E-state index contributed by atoms with van der Waals surface area (Å²) in [6.07, 6.45) is 4.27. The Bertz CT molecular complexity index is 559.